The first-order valence-corrected chi connectivity index (χ1v) is 8.69. The fourth-order valence-electron chi connectivity index (χ4n) is 2.14. The van der Waals surface area contributed by atoms with Crippen molar-refractivity contribution in [2.24, 2.45) is 0 Å². The summed E-state index contributed by atoms with van der Waals surface area (Å²) in [4.78, 5) is 23.7. The van der Waals surface area contributed by atoms with E-state index >= 15 is 0 Å². The first-order valence-electron chi connectivity index (χ1n) is 7.52. The second-order valence-corrected chi connectivity index (χ2v) is 6.47. The van der Waals surface area contributed by atoms with Gasteiger partial charge in [-0.3, -0.25) is 9.59 Å². The number of nitrogens with one attached hydrogen (secondary N) is 1. The van der Waals surface area contributed by atoms with Gasteiger partial charge < -0.3 is 14.8 Å². The van der Waals surface area contributed by atoms with Gasteiger partial charge in [0, 0.05) is 10.9 Å². The van der Waals surface area contributed by atoms with E-state index in [9.17, 15) is 9.59 Å². The molecular formula is C18H17BrClNO4. The molecule has 2 aromatic carbocycles. The number of halogens is 2. The molecule has 25 heavy (non-hydrogen) atoms. The average molecular weight is 427 g/mol. The molecule has 0 spiro atoms. The second-order valence-electron chi connectivity index (χ2n) is 5.14. The van der Waals surface area contributed by atoms with Gasteiger partial charge in [-0.1, -0.05) is 45.7 Å². The number of aryl methyl sites for hydroxylation is 1. The lowest BCUT2D eigenvalue weighted by molar-refractivity contribution is -0.147. The highest BCUT2D eigenvalue weighted by Gasteiger charge is 2.11. The van der Waals surface area contributed by atoms with Gasteiger partial charge in [0.2, 0.25) is 0 Å². The number of hydrogen-bond acceptors (Lipinski definition) is 4. The predicted octanol–water partition coefficient (Wildman–Crippen LogP) is 4.23. The first-order chi connectivity index (χ1) is 12.0. The Balaban J connectivity index is 1.78. The Kier molecular flexibility index (Phi) is 7.28. The molecule has 0 aromatic heterocycles. The van der Waals surface area contributed by atoms with Crippen LogP contribution in [0.4, 0.5) is 5.69 Å². The van der Waals surface area contributed by atoms with E-state index in [1.807, 2.05) is 24.3 Å². The topological polar surface area (TPSA) is 64.6 Å². The van der Waals surface area contributed by atoms with Gasteiger partial charge in [0.25, 0.3) is 5.91 Å². The van der Waals surface area contributed by atoms with E-state index in [-0.39, 0.29) is 13.0 Å². The number of carbonyl (C=O) groups is 2. The van der Waals surface area contributed by atoms with Gasteiger partial charge in [-0.2, -0.15) is 0 Å². The maximum absolute atomic E-state index is 11.9. The quantitative estimate of drug-likeness (QED) is 0.673. The fraction of sp³-hybridized carbons (Fsp3) is 0.222. The number of esters is 1. The smallest absolute Gasteiger partial charge is 0.306 e. The lowest BCUT2D eigenvalue weighted by Gasteiger charge is -2.09. The Morgan fingerprint density at radius 3 is 2.68 bits per heavy atom. The molecule has 132 valence electrons. The number of hydrogen-bond donors (Lipinski definition) is 1. The molecule has 0 atom stereocenters. The number of carbonyl (C=O) groups excluding carboxylic acids is 2. The molecule has 0 heterocycles. The van der Waals surface area contributed by atoms with Crippen LogP contribution in [0.25, 0.3) is 0 Å². The largest absolute Gasteiger partial charge is 0.496 e. The zero-order valence-corrected chi connectivity index (χ0v) is 15.9. The van der Waals surface area contributed by atoms with E-state index in [2.05, 4.69) is 21.2 Å². The van der Waals surface area contributed by atoms with E-state index < -0.39 is 11.9 Å². The number of ether oxygens (including phenoxy) is 2. The molecule has 0 aliphatic heterocycles. The van der Waals surface area contributed by atoms with E-state index in [1.165, 1.54) is 0 Å². The second kappa shape index (κ2) is 9.44. The van der Waals surface area contributed by atoms with Crippen LogP contribution in [0.15, 0.2) is 46.9 Å². The Morgan fingerprint density at radius 1 is 1.20 bits per heavy atom. The van der Waals surface area contributed by atoms with Gasteiger partial charge in [0.15, 0.2) is 6.61 Å². The molecule has 0 aliphatic carbocycles. The van der Waals surface area contributed by atoms with Crippen LogP contribution in [0, 0.1) is 0 Å². The highest BCUT2D eigenvalue weighted by molar-refractivity contribution is 9.10. The maximum atomic E-state index is 11.9. The van der Waals surface area contributed by atoms with Crippen molar-refractivity contribution in [2.75, 3.05) is 19.0 Å². The molecule has 2 aromatic rings. The van der Waals surface area contributed by atoms with Crippen LogP contribution < -0.4 is 10.1 Å². The maximum Gasteiger partial charge on any atom is 0.306 e. The third-order valence-corrected chi connectivity index (χ3v) is 4.17. The van der Waals surface area contributed by atoms with Gasteiger partial charge in [0.1, 0.15) is 5.75 Å². The molecule has 2 rings (SSSR count). The lowest BCUT2D eigenvalue weighted by Crippen LogP contribution is -2.21. The van der Waals surface area contributed by atoms with Crippen molar-refractivity contribution in [3.8, 4) is 5.75 Å². The zero-order chi connectivity index (χ0) is 18.2. The molecule has 1 N–H and O–H groups in total. The van der Waals surface area contributed by atoms with E-state index in [1.54, 1.807) is 25.3 Å². The van der Waals surface area contributed by atoms with Crippen molar-refractivity contribution in [3.05, 3.63) is 57.5 Å². The van der Waals surface area contributed by atoms with Gasteiger partial charge in [-0.05, 0) is 36.2 Å². The molecule has 0 unspecified atom stereocenters. The molecule has 0 bridgehead atoms. The molecule has 7 heteroatoms. The molecule has 0 saturated carbocycles. The molecule has 0 saturated heterocycles. The van der Waals surface area contributed by atoms with Crippen molar-refractivity contribution in [1.29, 1.82) is 0 Å². The van der Waals surface area contributed by atoms with Gasteiger partial charge in [0.05, 0.1) is 17.8 Å². The van der Waals surface area contributed by atoms with Crippen LogP contribution in [0.1, 0.15) is 12.0 Å². The highest BCUT2D eigenvalue weighted by Crippen LogP contribution is 2.25. The van der Waals surface area contributed by atoms with Gasteiger partial charge in [-0.15, -0.1) is 0 Å². The summed E-state index contributed by atoms with van der Waals surface area (Å²) in [6.45, 7) is -0.364. The first kappa shape index (κ1) is 19.3. The Bertz CT molecular complexity index is 766. The molecule has 0 aliphatic rings. The summed E-state index contributed by atoms with van der Waals surface area (Å²) >= 11 is 9.30. The standard InChI is InChI=1S/C18H17BrClNO4/c1-24-16-5-3-2-4-12(16)6-9-18(23)25-11-17(22)21-15-8-7-13(19)10-14(15)20/h2-5,7-8,10H,6,9,11H2,1H3,(H,21,22). The number of benzene rings is 2. The van der Waals surface area contributed by atoms with Crippen molar-refractivity contribution < 1.29 is 19.1 Å². The molecular weight excluding hydrogens is 410 g/mol. The number of amides is 1. The summed E-state index contributed by atoms with van der Waals surface area (Å²) in [5.41, 5.74) is 1.37. The minimum atomic E-state index is -0.456. The third kappa shape index (κ3) is 6.07. The monoisotopic (exact) mass is 425 g/mol. The predicted molar refractivity (Wildman–Crippen MR) is 100 cm³/mol. The van der Waals surface area contributed by atoms with E-state index in [0.29, 0.717) is 17.1 Å². The van der Waals surface area contributed by atoms with Crippen LogP contribution in [0.3, 0.4) is 0 Å². The van der Waals surface area contributed by atoms with Crippen molar-refractivity contribution in [1.82, 2.24) is 0 Å². The summed E-state index contributed by atoms with van der Waals surface area (Å²) in [6.07, 6.45) is 0.635. The summed E-state index contributed by atoms with van der Waals surface area (Å²) in [5, 5.41) is 2.99. The lowest BCUT2D eigenvalue weighted by atomic mass is 10.1. The molecule has 5 nitrogen and oxygen atoms in total. The summed E-state index contributed by atoms with van der Waals surface area (Å²) in [6, 6.07) is 12.5. The van der Waals surface area contributed by atoms with Crippen LogP contribution >= 0.6 is 27.5 Å². The van der Waals surface area contributed by atoms with Crippen LogP contribution in [-0.4, -0.2) is 25.6 Å². The normalized spacial score (nSPS) is 10.2. The fourth-order valence-corrected chi connectivity index (χ4v) is 2.86. The number of para-hydroxylation sites is 1. The minimum Gasteiger partial charge on any atom is -0.496 e. The Labute approximate surface area is 159 Å². The average Bonchev–Trinajstić information content (AvgIpc) is 2.60. The number of rotatable bonds is 7. The van der Waals surface area contributed by atoms with Crippen LogP contribution in [0.5, 0.6) is 5.75 Å². The molecule has 0 fully saturated rings. The minimum absolute atomic E-state index is 0.159. The van der Waals surface area contributed by atoms with Crippen molar-refractivity contribution in [2.45, 2.75) is 12.8 Å². The van der Waals surface area contributed by atoms with E-state index in [4.69, 9.17) is 21.1 Å². The van der Waals surface area contributed by atoms with Crippen molar-refractivity contribution >= 4 is 45.1 Å². The SMILES string of the molecule is COc1ccccc1CCC(=O)OCC(=O)Nc1ccc(Br)cc1Cl. The molecule has 1 amide bonds. The number of methoxy groups -OCH3 is 1. The third-order valence-electron chi connectivity index (χ3n) is 3.36. The van der Waals surface area contributed by atoms with E-state index in [0.717, 1.165) is 15.8 Å². The summed E-state index contributed by atoms with van der Waals surface area (Å²) in [7, 11) is 1.58. The Morgan fingerprint density at radius 2 is 1.96 bits per heavy atom. The number of anilines is 1. The summed E-state index contributed by atoms with van der Waals surface area (Å²) in [5.74, 6) is -0.184. The zero-order valence-electron chi connectivity index (χ0n) is 13.6. The van der Waals surface area contributed by atoms with Crippen LogP contribution in [0.2, 0.25) is 5.02 Å². The molecule has 0 radical (unpaired) electrons. The Hall–Kier alpha value is -2.05. The summed E-state index contributed by atoms with van der Waals surface area (Å²) < 4.78 is 11.0. The van der Waals surface area contributed by atoms with Gasteiger partial charge in [-0.25, -0.2) is 0 Å². The van der Waals surface area contributed by atoms with Gasteiger partial charge >= 0.3 is 5.97 Å². The highest BCUT2D eigenvalue weighted by atomic mass is 79.9. The van der Waals surface area contributed by atoms with Crippen molar-refractivity contribution in [3.63, 3.8) is 0 Å². The van der Waals surface area contributed by atoms with Crippen LogP contribution in [-0.2, 0) is 20.7 Å².